The summed E-state index contributed by atoms with van der Waals surface area (Å²) >= 11 is 0. The van der Waals surface area contributed by atoms with Crippen LogP contribution in [0.5, 0.6) is 5.75 Å². The van der Waals surface area contributed by atoms with E-state index in [1.807, 2.05) is 7.11 Å². The molecule has 2 aromatic rings. The third kappa shape index (κ3) is 1.71. The van der Waals surface area contributed by atoms with Crippen LogP contribution < -0.4 is 4.74 Å². The predicted octanol–water partition coefficient (Wildman–Crippen LogP) is 5.32. The van der Waals surface area contributed by atoms with Crippen LogP contribution in [-0.2, 0) is 5.41 Å². The third-order valence-corrected chi connectivity index (χ3v) is 6.68. The Morgan fingerprint density at radius 3 is 2.14 bits per heavy atom. The second-order valence-corrected chi connectivity index (χ2v) is 8.06. The first-order valence-electron chi connectivity index (χ1n) is 8.84. The molecule has 0 saturated heterocycles. The lowest BCUT2D eigenvalue weighted by atomic mass is 9.47. The van der Waals surface area contributed by atoms with E-state index < -0.39 is 0 Å². The van der Waals surface area contributed by atoms with Crippen molar-refractivity contribution in [3.63, 3.8) is 0 Å². The summed E-state index contributed by atoms with van der Waals surface area (Å²) in [6, 6.07) is 13.3. The summed E-state index contributed by atoms with van der Waals surface area (Å²) in [6.07, 6.45) is 8.65. The fourth-order valence-corrected chi connectivity index (χ4v) is 6.39. The lowest BCUT2D eigenvalue weighted by molar-refractivity contribution is -0.00543. The van der Waals surface area contributed by atoms with Crippen molar-refractivity contribution in [2.24, 2.45) is 17.8 Å². The molecular formula is C21H24O. The summed E-state index contributed by atoms with van der Waals surface area (Å²) in [5.41, 5.74) is 1.92. The monoisotopic (exact) mass is 292 g/mol. The van der Waals surface area contributed by atoms with E-state index in [9.17, 15) is 0 Å². The molecule has 0 radical (unpaired) electrons. The molecule has 4 aliphatic rings. The maximum Gasteiger partial charge on any atom is 0.123 e. The Bertz CT molecular complexity index is 694. The van der Waals surface area contributed by atoms with Crippen LogP contribution >= 0.6 is 0 Å². The van der Waals surface area contributed by atoms with Gasteiger partial charge in [0.05, 0.1) is 7.11 Å². The topological polar surface area (TPSA) is 9.23 Å². The number of hydrogen-bond acceptors (Lipinski definition) is 1. The van der Waals surface area contributed by atoms with Crippen molar-refractivity contribution in [3.05, 3.63) is 42.0 Å². The van der Waals surface area contributed by atoms with Crippen molar-refractivity contribution in [2.75, 3.05) is 7.11 Å². The second kappa shape index (κ2) is 4.50. The maximum absolute atomic E-state index is 5.84. The summed E-state index contributed by atoms with van der Waals surface area (Å²) in [7, 11) is 1.84. The number of hydrogen-bond donors (Lipinski definition) is 0. The van der Waals surface area contributed by atoms with E-state index in [0.717, 1.165) is 23.5 Å². The highest BCUT2D eigenvalue weighted by Gasteiger charge is 2.52. The highest BCUT2D eigenvalue weighted by Crippen LogP contribution is 2.62. The molecule has 4 saturated carbocycles. The molecule has 1 nitrogen and oxygen atoms in total. The van der Waals surface area contributed by atoms with Gasteiger partial charge >= 0.3 is 0 Å². The molecule has 4 bridgehead atoms. The van der Waals surface area contributed by atoms with E-state index in [1.165, 1.54) is 54.9 Å². The van der Waals surface area contributed by atoms with E-state index in [4.69, 9.17) is 4.74 Å². The molecule has 0 amide bonds. The van der Waals surface area contributed by atoms with Crippen LogP contribution in [0.3, 0.4) is 0 Å². The molecule has 0 atom stereocenters. The summed E-state index contributed by atoms with van der Waals surface area (Å²) < 4.78 is 5.84. The van der Waals surface area contributed by atoms with Gasteiger partial charge in [0.2, 0.25) is 0 Å². The average molecular weight is 292 g/mol. The Morgan fingerprint density at radius 1 is 0.864 bits per heavy atom. The van der Waals surface area contributed by atoms with Gasteiger partial charge in [-0.3, -0.25) is 0 Å². The minimum Gasteiger partial charge on any atom is -0.496 e. The Morgan fingerprint density at radius 2 is 1.50 bits per heavy atom. The van der Waals surface area contributed by atoms with Crippen LogP contribution in [0, 0.1) is 17.8 Å². The lowest BCUT2D eigenvalue weighted by Gasteiger charge is -2.57. The molecule has 0 spiro atoms. The zero-order valence-electron chi connectivity index (χ0n) is 13.3. The molecule has 0 aliphatic heterocycles. The third-order valence-electron chi connectivity index (χ3n) is 6.68. The summed E-state index contributed by atoms with van der Waals surface area (Å²) in [5, 5.41) is 2.80. The van der Waals surface area contributed by atoms with Crippen molar-refractivity contribution in [1.82, 2.24) is 0 Å². The molecule has 6 rings (SSSR count). The van der Waals surface area contributed by atoms with Crippen molar-refractivity contribution < 1.29 is 4.74 Å². The van der Waals surface area contributed by atoms with Crippen LogP contribution in [0.1, 0.15) is 44.1 Å². The molecule has 2 aromatic carbocycles. The van der Waals surface area contributed by atoms with Gasteiger partial charge < -0.3 is 4.74 Å². The Kier molecular flexibility index (Phi) is 2.66. The molecular weight excluding hydrogens is 268 g/mol. The molecule has 4 fully saturated rings. The van der Waals surface area contributed by atoms with Gasteiger partial charge in [-0.2, -0.15) is 0 Å². The molecule has 0 aromatic heterocycles. The number of ether oxygens (including phenoxy) is 1. The fourth-order valence-electron chi connectivity index (χ4n) is 6.39. The predicted molar refractivity (Wildman–Crippen MR) is 90.4 cm³/mol. The smallest absolute Gasteiger partial charge is 0.123 e. The van der Waals surface area contributed by atoms with Gasteiger partial charge in [-0.25, -0.2) is 0 Å². The molecule has 0 unspecified atom stereocenters. The van der Waals surface area contributed by atoms with Crippen molar-refractivity contribution >= 4 is 10.8 Å². The zero-order valence-corrected chi connectivity index (χ0v) is 13.3. The lowest BCUT2D eigenvalue weighted by Crippen LogP contribution is -2.48. The summed E-state index contributed by atoms with van der Waals surface area (Å²) in [5.74, 6) is 4.03. The maximum atomic E-state index is 5.84. The van der Waals surface area contributed by atoms with Crippen molar-refractivity contribution in [1.29, 1.82) is 0 Å². The fraction of sp³-hybridized carbons (Fsp3) is 0.524. The summed E-state index contributed by atoms with van der Waals surface area (Å²) in [6.45, 7) is 0. The van der Waals surface area contributed by atoms with Crippen LogP contribution in [0.4, 0.5) is 0 Å². The highest BCUT2D eigenvalue weighted by molar-refractivity contribution is 5.89. The van der Waals surface area contributed by atoms with Gasteiger partial charge in [-0.15, -0.1) is 0 Å². The number of benzene rings is 2. The number of fused-ring (bicyclic) bond motifs is 1. The number of rotatable bonds is 2. The van der Waals surface area contributed by atoms with E-state index in [-0.39, 0.29) is 0 Å². The molecule has 1 heteroatoms. The van der Waals surface area contributed by atoms with Gasteiger partial charge in [0, 0.05) is 11.0 Å². The molecule has 0 heterocycles. The van der Waals surface area contributed by atoms with E-state index in [0.29, 0.717) is 5.41 Å². The minimum atomic E-state index is 0.390. The Balaban J connectivity index is 1.76. The van der Waals surface area contributed by atoms with Crippen molar-refractivity contribution in [2.45, 2.75) is 43.9 Å². The number of methoxy groups -OCH3 is 1. The average Bonchev–Trinajstić information content (AvgIpc) is 2.52. The van der Waals surface area contributed by atoms with Crippen LogP contribution in [0.15, 0.2) is 36.4 Å². The Hall–Kier alpha value is -1.50. The molecule has 4 aliphatic carbocycles. The first-order chi connectivity index (χ1) is 10.8. The molecule has 22 heavy (non-hydrogen) atoms. The normalized spacial score (nSPS) is 36.0. The van der Waals surface area contributed by atoms with Gasteiger partial charge in [0.25, 0.3) is 0 Å². The van der Waals surface area contributed by atoms with E-state index >= 15 is 0 Å². The first-order valence-corrected chi connectivity index (χ1v) is 8.84. The van der Waals surface area contributed by atoms with E-state index in [2.05, 4.69) is 36.4 Å². The highest BCUT2D eigenvalue weighted by atomic mass is 16.5. The van der Waals surface area contributed by atoms with Gasteiger partial charge in [-0.05, 0) is 73.1 Å². The van der Waals surface area contributed by atoms with Gasteiger partial charge in [-0.1, -0.05) is 30.3 Å². The first kappa shape index (κ1) is 13.0. The van der Waals surface area contributed by atoms with Crippen molar-refractivity contribution in [3.8, 4) is 5.75 Å². The van der Waals surface area contributed by atoms with Gasteiger partial charge in [0.15, 0.2) is 0 Å². The SMILES string of the molecule is COc1ccc2ccccc2c1C12CC3CC(CC(C3)C1)C2. The quantitative estimate of drug-likeness (QED) is 0.728. The minimum absolute atomic E-state index is 0.390. The van der Waals surface area contributed by atoms with Crippen LogP contribution in [0.2, 0.25) is 0 Å². The largest absolute Gasteiger partial charge is 0.496 e. The molecule has 114 valence electrons. The second-order valence-electron chi connectivity index (χ2n) is 8.06. The van der Waals surface area contributed by atoms with E-state index in [1.54, 1.807) is 0 Å². The Labute approximate surface area is 132 Å². The zero-order chi connectivity index (χ0) is 14.7. The van der Waals surface area contributed by atoms with Crippen LogP contribution in [-0.4, -0.2) is 7.11 Å². The van der Waals surface area contributed by atoms with Crippen LogP contribution in [0.25, 0.3) is 10.8 Å². The van der Waals surface area contributed by atoms with Gasteiger partial charge in [0.1, 0.15) is 5.75 Å². The molecule has 0 N–H and O–H groups in total. The summed E-state index contributed by atoms with van der Waals surface area (Å²) in [4.78, 5) is 0. The standard InChI is InChI=1S/C21H24O/c1-22-19-7-6-17-4-2-3-5-18(17)20(19)21-11-14-8-15(12-21)10-16(9-14)13-21/h2-7,14-16H,8-13H2,1H3.